The highest BCUT2D eigenvalue weighted by Gasteiger charge is 2.26. The zero-order valence-electron chi connectivity index (χ0n) is 20.2. The molecule has 0 fully saturated rings. The number of hydrogen-bond acceptors (Lipinski definition) is 7. The third-order valence-electron chi connectivity index (χ3n) is 5.93. The van der Waals surface area contributed by atoms with Gasteiger partial charge in [0, 0.05) is 15.5 Å². The first-order chi connectivity index (χ1) is 17.9. The van der Waals surface area contributed by atoms with E-state index in [0.29, 0.717) is 16.3 Å². The van der Waals surface area contributed by atoms with Crippen molar-refractivity contribution in [1.29, 1.82) is 0 Å². The van der Waals surface area contributed by atoms with E-state index in [4.69, 9.17) is 4.74 Å². The standard InChI is InChI=1S/C27H26N2O6S2/c1-35-27(34)23-20-12-3-2-4-13-21(20)37-25(23)29-22(30)15-36-17-9-7-8-16(14-17)28-24(31)18-10-5-6-11-19(18)26(32)33/h5-11,14H,2-4,12-13,15H2,1H3,(H,28,31)(H,29,30)(H,32,33). The molecule has 4 rings (SSSR count). The monoisotopic (exact) mass is 538 g/mol. The Hall–Kier alpha value is -3.63. The Morgan fingerprint density at radius 3 is 2.49 bits per heavy atom. The van der Waals surface area contributed by atoms with Gasteiger partial charge >= 0.3 is 11.9 Å². The van der Waals surface area contributed by atoms with E-state index < -0.39 is 17.8 Å². The maximum absolute atomic E-state index is 12.8. The van der Waals surface area contributed by atoms with Gasteiger partial charge in [0.25, 0.3) is 5.91 Å². The second-order valence-corrected chi connectivity index (χ2v) is 10.6. The highest BCUT2D eigenvalue weighted by molar-refractivity contribution is 8.00. The molecule has 0 saturated carbocycles. The van der Waals surface area contributed by atoms with Crippen molar-refractivity contribution in [1.82, 2.24) is 0 Å². The van der Waals surface area contributed by atoms with Crippen LogP contribution in [0.4, 0.5) is 10.7 Å². The number of methoxy groups -OCH3 is 1. The fraction of sp³-hybridized carbons (Fsp3) is 0.259. The number of carboxylic acids is 1. The molecule has 1 heterocycles. The van der Waals surface area contributed by atoms with Crippen LogP contribution in [-0.2, 0) is 22.4 Å². The van der Waals surface area contributed by atoms with Crippen LogP contribution in [0.15, 0.2) is 53.4 Å². The summed E-state index contributed by atoms with van der Waals surface area (Å²) >= 11 is 2.73. The van der Waals surface area contributed by atoms with Gasteiger partial charge in [-0.25, -0.2) is 9.59 Å². The summed E-state index contributed by atoms with van der Waals surface area (Å²) in [5.41, 5.74) is 1.91. The number of anilines is 2. The van der Waals surface area contributed by atoms with Crippen LogP contribution in [0.2, 0.25) is 0 Å². The summed E-state index contributed by atoms with van der Waals surface area (Å²) in [6.07, 6.45) is 4.88. The summed E-state index contributed by atoms with van der Waals surface area (Å²) in [7, 11) is 1.34. The molecule has 0 spiro atoms. The second kappa shape index (κ2) is 12.1. The Morgan fingerprint density at radius 1 is 0.973 bits per heavy atom. The first kappa shape index (κ1) is 26.4. The summed E-state index contributed by atoms with van der Waals surface area (Å²) in [6, 6.07) is 12.9. The van der Waals surface area contributed by atoms with E-state index >= 15 is 0 Å². The highest BCUT2D eigenvalue weighted by Crippen LogP contribution is 2.38. The molecule has 1 aromatic heterocycles. The Labute approximate surface area is 222 Å². The van der Waals surface area contributed by atoms with Gasteiger partial charge in [0.15, 0.2) is 0 Å². The van der Waals surface area contributed by atoms with Gasteiger partial charge in [-0.15, -0.1) is 23.1 Å². The quantitative estimate of drug-likeness (QED) is 0.197. The zero-order valence-corrected chi connectivity index (χ0v) is 21.8. The van der Waals surface area contributed by atoms with Gasteiger partial charge in [0.2, 0.25) is 5.91 Å². The van der Waals surface area contributed by atoms with E-state index in [2.05, 4.69) is 10.6 Å². The fourth-order valence-corrected chi connectivity index (χ4v) is 6.24. The SMILES string of the molecule is COC(=O)c1c(NC(=O)CSc2cccc(NC(=O)c3ccccc3C(=O)O)c2)sc2c1CCCCC2. The molecule has 0 saturated heterocycles. The lowest BCUT2D eigenvalue weighted by Crippen LogP contribution is -2.17. The van der Waals surface area contributed by atoms with Crippen LogP contribution in [0, 0.1) is 0 Å². The number of esters is 1. The normalized spacial score (nSPS) is 12.7. The van der Waals surface area contributed by atoms with Gasteiger partial charge in [0.1, 0.15) is 5.00 Å². The lowest BCUT2D eigenvalue weighted by atomic mass is 10.1. The Morgan fingerprint density at radius 2 is 1.73 bits per heavy atom. The summed E-state index contributed by atoms with van der Waals surface area (Å²) in [5.74, 6) is -2.31. The van der Waals surface area contributed by atoms with Crippen molar-refractivity contribution in [2.24, 2.45) is 0 Å². The van der Waals surface area contributed by atoms with Crippen LogP contribution in [-0.4, -0.2) is 41.7 Å². The smallest absolute Gasteiger partial charge is 0.341 e. The average Bonchev–Trinajstić information content (AvgIpc) is 3.06. The van der Waals surface area contributed by atoms with Gasteiger partial charge in [-0.3, -0.25) is 9.59 Å². The number of amides is 2. The summed E-state index contributed by atoms with van der Waals surface area (Å²) in [4.78, 5) is 51.2. The predicted octanol–water partition coefficient (Wildman–Crippen LogP) is 5.48. The van der Waals surface area contributed by atoms with Crippen molar-refractivity contribution < 1.29 is 29.0 Å². The molecule has 3 N–H and O–H groups in total. The fourth-order valence-electron chi connectivity index (χ4n) is 4.19. The summed E-state index contributed by atoms with van der Waals surface area (Å²) in [5, 5.41) is 15.5. The molecule has 1 aliphatic rings. The van der Waals surface area contributed by atoms with Crippen LogP contribution in [0.25, 0.3) is 0 Å². The maximum Gasteiger partial charge on any atom is 0.341 e. The summed E-state index contributed by atoms with van der Waals surface area (Å²) < 4.78 is 4.99. The molecule has 0 unspecified atom stereocenters. The Kier molecular flexibility index (Phi) is 8.62. The van der Waals surface area contributed by atoms with E-state index in [0.717, 1.165) is 47.4 Å². The minimum atomic E-state index is -1.18. The second-order valence-electron chi connectivity index (χ2n) is 8.43. The molecule has 10 heteroatoms. The number of thiophene rings is 1. The largest absolute Gasteiger partial charge is 0.478 e. The van der Waals surface area contributed by atoms with Gasteiger partial charge in [0.05, 0.1) is 29.6 Å². The van der Waals surface area contributed by atoms with Crippen LogP contribution >= 0.6 is 23.1 Å². The predicted molar refractivity (Wildman–Crippen MR) is 144 cm³/mol. The number of hydrogen-bond donors (Lipinski definition) is 3. The molecule has 0 bridgehead atoms. The topological polar surface area (TPSA) is 122 Å². The lowest BCUT2D eigenvalue weighted by Gasteiger charge is -2.10. The number of ether oxygens (including phenoxy) is 1. The van der Waals surface area contributed by atoms with Gasteiger partial charge < -0.3 is 20.5 Å². The Balaban J connectivity index is 1.41. The molecule has 8 nitrogen and oxygen atoms in total. The summed E-state index contributed by atoms with van der Waals surface area (Å²) in [6.45, 7) is 0. The minimum Gasteiger partial charge on any atom is -0.478 e. The molecular formula is C27H26N2O6S2. The van der Waals surface area contributed by atoms with E-state index in [1.165, 1.54) is 42.3 Å². The number of rotatable bonds is 8. The van der Waals surface area contributed by atoms with Gasteiger partial charge in [-0.2, -0.15) is 0 Å². The third-order valence-corrected chi connectivity index (χ3v) is 8.13. The lowest BCUT2D eigenvalue weighted by molar-refractivity contribution is -0.113. The van der Waals surface area contributed by atoms with Crippen LogP contribution < -0.4 is 10.6 Å². The van der Waals surface area contributed by atoms with Crippen molar-refractivity contribution in [3.63, 3.8) is 0 Å². The van der Waals surface area contributed by atoms with Crippen LogP contribution in [0.3, 0.4) is 0 Å². The van der Waals surface area contributed by atoms with Crippen molar-refractivity contribution in [3.8, 4) is 0 Å². The van der Waals surface area contributed by atoms with E-state index in [1.807, 2.05) is 6.07 Å². The molecule has 0 aliphatic heterocycles. The molecule has 0 atom stereocenters. The molecule has 1 aliphatic carbocycles. The first-order valence-electron chi connectivity index (χ1n) is 11.8. The number of fused-ring (bicyclic) bond motifs is 1. The van der Waals surface area contributed by atoms with Crippen molar-refractivity contribution in [2.75, 3.05) is 23.5 Å². The van der Waals surface area contributed by atoms with E-state index in [9.17, 15) is 24.3 Å². The first-order valence-corrected chi connectivity index (χ1v) is 13.6. The molecular weight excluding hydrogens is 512 g/mol. The maximum atomic E-state index is 12.8. The average molecular weight is 539 g/mol. The van der Waals surface area contributed by atoms with Gasteiger partial charge in [-0.1, -0.05) is 24.6 Å². The molecule has 2 aromatic carbocycles. The van der Waals surface area contributed by atoms with Gasteiger partial charge in [-0.05, 0) is 61.6 Å². The molecule has 3 aromatic rings. The van der Waals surface area contributed by atoms with Crippen LogP contribution in [0.5, 0.6) is 0 Å². The van der Waals surface area contributed by atoms with Crippen molar-refractivity contribution in [2.45, 2.75) is 37.0 Å². The highest BCUT2D eigenvalue weighted by atomic mass is 32.2. The van der Waals surface area contributed by atoms with Crippen LogP contribution in [0.1, 0.15) is 60.8 Å². The number of carbonyl (C=O) groups excluding carboxylic acids is 3. The molecule has 0 radical (unpaired) electrons. The number of nitrogens with one attached hydrogen (secondary N) is 2. The number of carbonyl (C=O) groups is 4. The number of aromatic carboxylic acids is 1. The molecule has 2 amide bonds. The number of benzene rings is 2. The molecule has 37 heavy (non-hydrogen) atoms. The number of aryl methyl sites for hydroxylation is 1. The zero-order chi connectivity index (χ0) is 26.4. The number of carboxylic acid groups (broad SMARTS) is 1. The third kappa shape index (κ3) is 6.39. The van der Waals surface area contributed by atoms with E-state index in [1.54, 1.807) is 30.3 Å². The van der Waals surface area contributed by atoms with Crippen molar-refractivity contribution in [3.05, 3.63) is 75.7 Å². The Bertz CT molecular complexity index is 1350. The van der Waals surface area contributed by atoms with Crippen molar-refractivity contribution >= 4 is 57.5 Å². The number of thioether (sulfide) groups is 1. The molecule has 192 valence electrons. The van der Waals surface area contributed by atoms with E-state index in [-0.39, 0.29) is 22.8 Å². The minimum absolute atomic E-state index is 0.0585.